The first-order valence-electron chi connectivity index (χ1n) is 9.46. The summed E-state index contributed by atoms with van der Waals surface area (Å²) < 4.78 is 0. The molecule has 4 rings (SSSR count). The quantitative estimate of drug-likeness (QED) is 0.888. The summed E-state index contributed by atoms with van der Waals surface area (Å²) in [5.41, 5.74) is 9.32. The fourth-order valence-corrected chi connectivity index (χ4v) is 4.36. The van der Waals surface area contributed by atoms with Crippen molar-refractivity contribution >= 4 is 5.91 Å². The zero-order valence-electron chi connectivity index (χ0n) is 14.9. The summed E-state index contributed by atoms with van der Waals surface area (Å²) in [6, 6.07) is 12.0. The number of fused-ring (bicyclic) bond motifs is 1. The molecule has 2 aliphatic rings. The number of nitrogens with one attached hydrogen (secondary N) is 1. The SMILES string of the molecule is NC[C@@H]1CN(C(=O)c2cc3c([nH]c2=O)CCCC3)C[C@H]1c1ccccc1. The highest BCUT2D eigenvalue weighted by Crippen LogP contribution is 2.32. The van der Waals surface area contributed by atoms with Gasteiger partial charge in [0.25, 0.3) is 11.5 Å². The van der Waals surface area contributed by atoms with Crippen LogP contribution in [-0.4, -0.2) is 35.4 Å². The van der Waals surface area contributed by atoms with E-state index in [4.69, 9.17) is 5.73 Å². The summed E-state index contributed by atoms with van der Waals surface area (Å²) >= 11 is 0. The zero-order chi connectivity index (χ0) is 18.1. The van der Waals surface area contributed by atoms with Crippen LogP contribution in [0.1, 0.15) is 45.9 Å². The average Bonchev–Trinajstić information content (AvgIpc) is 3.12. The van der Waals surface area contributed by atoms with E-state index in [-0.39, 0.29) is 28.9 Å². The lowest BCUT2D eigenvalue weighted by Gasteiger charge is -2.19. The van der Waals surface area contributed by atoms with Crippen LogP contribution < -0.4 is 11.3 Å². The third-order valence-electron chi connectivity index (χ3n) is 5.83. The molecule has 1 amide bonds. The lowest BCUT2D eigenvalue weighted by Crippen LogP contribution is -2.34. The highest BCUT2D eigenvalue weighted by Gasteiger charge is 2.36. The Hall–Kier alpha value is -2.40. The second-order valence-electron chi connectivity index (χ2n) is 7.45. The van der Waals surface area contributed by atoms with Gasteiger partial charge in [0, 0.05) is 24.7 Å². The van der Waals surface area contributed by atoms with Gasteiger partial charge in [-0.3, -0.25) is 9.59 Å². The number of aromatic amines is 1. The molecule has 2 aromatic rings. The highest BCUT2D eigenvalue weighted by molar-refractivity contribution is 5.94. The maximum Gasteiger partial charge on any atom is 0.261 e. The number of hydrogen-bond donors (Lipinski definition) is 2. The molecule has 0 radical (unpaired) electrons. The molecular weight excluding hydrogens is 326 g/mol. The predicted molar refractivity (Wildman–Crippen MR) is 101 cm³/mol. The molecular formula is C21H25N3O2. The molecule has 0 spiro atoms. The van der Waals surface area contributed by atoms with Crippen molar-refractivity contribution in [2.45, 2.75) is 31.6 Å². The van der Waals surface area contributed by atoms with Crippen molar-refractivity contribution in [1.29, 1.82) is 0 Å². The number of pyridine rings is 1. The number of nitrogens with two attached hydrogens (primary N) is 1. The van der Waals surface area contributed by atoms with Gasteiger partial charge >= 0.3 is 0 Å². The molecule has 0 unspecified atom stereocenters. The van der Waals surface area contributed by atoms with E-state index in [0.717, 1.165) is 36.9 Å². The van der Waals surface area contributed by atoms with Gasteiger partial charge in [-0.2, -0.15) is 0 Å². The second kappa shape index (κ2) is 7.08. The summed E-state index contributed by atoms with van der Waals surface area (Å²) in [5, 5.41) is 0. The van der Waals surface area contributed by atoms with Crippen molar-refractivity contribution in [3.05, 3.63) is 69.1 Å². The standard InChI is InChI=1S/C21H25N3O2/c22-11-16-12-24(13-18(16)14-6-2-1-3-7-14)21(26)17-10-15-8-4-5-9-19(15)23-20(17)25/h1-3,6-7,10,16,18H,4-5,8-9,11-13,22H2,(H,23,25)/t16-,18+/m1/s1. The number of H-pyrrole nitrogens is 1. The van der Waals surface area contributed by atoms with E-state index in [9.17, 15) is 9.59 Å². The number of aromatic nitrogens is 1. The number of rotatable bonds is 3. The Morgan fingerprint density at radius 2 is 1.92 bits per heavy atom. The average molecular weight is 351 g/mol. The number of benzene rings is 1. The number of carbonyl (C=O) groups excluding carboxylic acids is 1. The second-order valence-corrected chi connectivity index (χ2v) is 7.45. The Morgan fingerprint density at radius 1 is 1.15 bits per heavy atom. The number of carbonyl (C=O) groups is 1. The van der Waals surface area contributed by atoms with E-state index in [1.54, 1.807) is 4.90 Å². The Balaban J connectivity index is 1.60. The monoisotopic (exact) mass is 351 g/mol. The van der Waals surface area contributed by atoms with Gasteiger partial charge in [0.15, 0.2) is 0 Å². The van der Waals surface area contributed by atoms with Gasteiger partial charge in [-0.15, -0.1) is 0 Å². The molecule has 1 aliphatic heterocycles. The van der Waals surface area contributed by atoms with Gasteiger partial charge in [0.05, 0.1) is 0 Å². The molecule has 136 valence electrons. The van der Waals surface area contributed by atoms with Crippen LogP contribution in [0, 0.1) is 5.92 Å². The van der Waals surface area contributed by atoms with Gasteiger partial charge in [0.2, 0.25) is 0 Å². The molecule has 0 saturated carbocycles. The van der Waals surface area contributed by atoms with Crippen LogP contribution in [-0.2, 0) is 12.8 Å². The normalized spacial score (nSPS) is 22.3. The summed E-state index contributed by atoms with van der Waals surface area (Å²) in [6.07, 6.45) is 4.04. The molecule has 1 fully saturated rings. The minimum Gasteiger partial charge on any atom is -0.337 e. The predicted octanol–water partition coefficient (Wildman–Crippen LogP) is 2.07. The molecule has 5 heteroatoms. The lowest BCUT2D eigenvalue weighted by atomic mass is 9.89. The minimum atomic E-state index is -0.261. The maximum absolute atomic E-state index is 13.1. The van der Waals surface area contributed by atoms with Crippen LogP contribution in [0.15, 0.2) is 41.2 Å². The maximum atomic E-state index is 13.1. The van der Waals surface area contributed by atoms with E-state index in [2.05, 4.69) is 17.1 Å². The van der Waals surface area contributed by atoms with E-state index in [0.29, 0.717) is 19.6 Å². The van der Waals surface area contributed by atoms with Crippen LogP contribution in [0.2, 0.25) is 0 Å². The van der Waals surface area contributed by atoms with Crippen molar-refractivity contribution in [3.63, 3.8) is 0 Å². The van der Waals surface area contributed by atoms with Gasteiger partial charge in [-0.05, 0) is 55.3 Å². The van der Waals surface area contributed by atoms with E-state index in [1.165, 1.54) is 5.56 Å². The molecule has 1 aromatic heterocycles. The van der Waals surface area contributed by atoms with Gasteiger partial charge < -0.3 is 15.6 Å². The number of nitrogens with zero attached hydrogens (tertiary/aromatic N) is 1. The van der Waals surface area contributed by atoms with Crippen LogP contribution in [0.25, 0.3) is 0 Å². The zero-order valence-corrected chi connectivity index (χ0v) is 14.9. The Bertz CT molecular complexity index is 859. The summed E-state index contributed by atoms with van der Waals surface area (Å²) in [7, 11) is 0. The van der Waals surface area contributed by atoms with Crippen molar-refractivity contribution < 1.29 is 4.79 Å². The van der Waals surface area contributed by atoms with E-state index in [1.807, 2.05) is 24.3 Å². The van der Waals surface area contributed by atoms with Gasteiger partial charge in [0.1, 0.15) is 5.56 Å². The van der Waals surface area contributed by atoms with Crippen LogP contribution in [0.3, 0.4) is 0 Å². The molecule has 1 saturated heterocycles. The molecule has 0 bridgehead atoms. The van der Waals surface area contributed by atoms with Crippen molar-refractivity contribution in [1.82, 2.24) is 9.88 Å². The number of aryl methyl sites for hydroxylation is 2. The molecule has 2 heterocycles. The fourth-order valence-electron chi connectivity index (χ4n) is 4.36. The number of likely N-dealkylation sites (tertiary alicyclic amines) is 1. The first-order valence-corrected chi connectivity index (χ1v) is 9.46. The first-order chi connectivity index (χ1) is 12.7. The van der Waals surface area contributed by atoms with Crippen LogP contribution >= 0.6 is 0 Å². The van der Waals surface area contributed by atoms with Gasteiger partial charge in [-0.1, -0.05) is 30.3 Å². The summed E-state index contributed by atoms with van der Waals surface area (Å²) in [4.78, 5) is 30.3. The Morgan fingerprint density at radius 3 is 2.69 bits per heavy atom. The molecule has 1 aliphatic carbocycles. The smallest absolute Gasteiger partial charge is 0.261 e. The first kappa shape index (κ1) is 17.0. The number of amides is 1. The summed E-state index contributed by atoms with van der Waals surface area (Å²) in [6.45, 7) is 1.75. The molecule has 2 atom stereocenters. The molecule has 26 heavy (non-hydrogen) atoms. The topological polar surface area (TPSA) is 79.2 Å². The molecule has 3 N–H and O–H groups in total. The third kappa shape index (κ3) is 3.07. The lowest BCUT2D eigenvalue weighted by molar-refractivity contribution is 0.0784. The van der Waals surface area contributed by atoms with Crippen molar-refractivity contribution in [2.24, 2.45) is 11.7 Å². The highest BCUT2D eigenvalue weighted by atomic mass is 16.2. The third-order valence-corrected chi connectivity index (χ3v) is 5.83. The largest absolute Gasteiger partial charge is 0.337 e. The fraction of sp³-hybridized carbons (Fsp3) is 0.429. The Labute approximate surface area is 153 Å². The van der Waals surface area contributed by atoms with Crippen molar-refractivity contribution in [2.75, 3.05) is 19.6 Å². The summed E-state index contributed by atoms with van der Waals surface area (Å²) in [5.74, 6) is 0.274. The van der Waals surface area contributed by atoms with Crippen LogP contribution in [0.4, 0.5) is 0 Å². The van der Waals surface area contributed by atoms with E-state index >= 15 is 0 Å². The molecule has 5 nitrogen and oxygen atoms in total. The van der Waals surface area contributed by atoms with E-state index < -0.39 is 0 Å². The number of hydrogen-bond acceptors (Lipinski definition) is 3. The Kier molecular flexibility index (Phi) is 4.64. The van der Waals surface area contributed by atoms with Gasteiger partial charge in [-0.25, -0.2) is 0 Å². The van der Waals surface area contributed by atoms with Crippen LogP contribution in [0.5, 0.6) is 0 Å². The van der Waals surface area contributed by atoms with Crippen molar-refractivity contribution in [3.8, 4) is 0 Å². The molecule has 1 aromatic carbocycles. The minimum absolute atomic E-state index is 0.170.